The van der Waals surface area contributed by atoms with Crippen LogP contribution in [0, 0.1) is 6.92 Å². The second kappa shape index (κ2) is 7.20. The van der Waals surface area contributed by atoms with E-state index in [1.165, 1.54) is 5.56 Å². The van der Waals surface area contributed by atoms with E-state index in [-0.39, 0.29) is 0 Å². The fourth-order valence-electron chi connectivity index (χ4n) is 1.86. The second-order valence-electron chi connectivity index (χ2n) is 4.41. The lowest BCUT2D eigenvalue weighted by Gasteiger charge is -2.12. The summed E-state index contributed by atoms with van der Waals surface area (Å²) in [5, 5.41) is 3.35. The summed E-state index contributed by atoms with van der Waals surface area (Å²) in [6.45, 7) is 3.36. The molecule has 4 heteroatoms. The summed E-state index contributed by atoms with van der Waals surface area (Å²) in [6.07, 6.45) is 0. The molecule has 0 saturated carbocycles. The molecule has 0 aliphatic rings. The average molecular weight is 336 g/mol. The molecule has 0 amide bonds. The predicted molar refractivity (Wildman–Crippen MR) is 85.9 cm³/mol. The summed E-state index contributed by atoms with van der Waals surface area (Å²) >= 11 is 3.53. The van der Waals surface area contributed by atoms with Crippen molar-refractivity contribution in [2.75, 3.05) is 25.6 Å². The normalized spacial score (nSPS) is 10.2. The fourth-order valence-corrected chi connectivity index (χ4v) is 2.25. The summed E-state index contributed by atoms with van der Waals surface area (Å²) in [7, 11) is 1.64. The van der Waals surface area contributed by atoms with Crippen molar-refractivity contribution in [2.24, 2.45) is 0 Å². The van der Waals surface area contributed by atoms with Crippen molar-refractivity contribution in [1.29, 1.82) is 0 Å². The van der Waals surface area contributed by atoms with E-state index in [1.807, 2.05) is 30.3 Å². The lowest BCUT2D eigenvalue weighted by atomic mass is 10.2. The van der Waals surface area contributed by atoms with Crippen molar-refractivity contribution in [3.63, 3.8) is 0 Å². The number of aryl methyl sites for hydroxylation is 1. The standard InChI is InChI=1S/C16H18BrNO2/c1-12-7-8-13(17)14(11-12)18-9-10-20-16-6-4-3-5-15(16)19-2/h3-8,11,18H,9-10H2,1-2H3. The van der Waals surface area contributed by atoms with Crippen molar-refractivity contribution in [3.8, 4) is 11.5 Å². The number of methoxy groups -OCH3 is 1. The molecular weight excluding hydrogens is 318 g/mol. The zero-order chi connectivity index (χ0) is 14.4. The van der Waals surface area contributed by atoms with Crippen LogP contribution in [0.25, 0.3) is 0 Å². The third kappa shape index (κ3) is 3.90. The van der Waals surface area contributed by atoms with Gasteiger partial charge in [-0.2, -0.15) is 0 Å². The minimum absolute atomic E-state index is 0.570. The van der Waals surface area contributed by atoms with Crippen LogP contribution in [0.2, 0.25) is 0 Å². The molecule has 0 heterocycles. The van der Waals surface area contributed by atoms with E-state index >= 15 is 0 Å². The number of hydrogen-bond acceptors (Lipinski definition) is 3. The van der Waals surface area contributed by atoms with E-state index in [2.05, 4.69) is 40.3 Å². The van der Waals surface area contributed by atoms with E-state index in [0.29, 0.717) is 6.61 Å². The molecule has 0 aliphatic heterocycles. The Morgan fingerprint density at radius 2 is 1.85 bits per heavy atom. The maximum absolute atomic E-state index is 5.72. The number of halogens is 1. The van der Waals surface area contributed by atoms with Gasteiger partial charge in [-0.05, 0) is 52.7 Å². The van der Waals surface area contributed by atoms with Crippen molar-refractivity contribution in [3.05, 3.63) is 52.5 Å². The highest BCUT2D eigenvalue weighted by Gasteiger charge is 2.03. The smallest absolute Gasteiger partial charge is 0.161 e. The van der Waals surface area contributed by atoms with Crippen LogP contribution in [0.3, 0.4) is 0 Å². The molecule has 0 radical (unpaired) electrons. The van der Waals surface area contributed by atoms with Crippen molar-refractivity contribution in [2.45, 2.75) is 6.92 Å². The van der Waals surface area contributed by atoms with Gasteiger partial charge in [-0.15, -0.1) is 0 Å². The molecule has 2 rings (SSSR count). The van der Waals surface area contributed by atoms with Gasteiger partial charge in [0.1, 0.15) is 6.61 Å². The van der Waals surface area contributed by atoms with Crippen LogP contribution in [0.4, 0.5) is 5.69 Å². The van der Waals surface area contributed by atoms with E-state index < -0.39 is 0 Å². The van der Waals surface area contributed by atoms with Gasteiger partial charge in [-0.1, -0.05) is 18.2 Å². The SMILES string of the molecule is COc1ccccc1OCCNc1cc(C)ccc1Br. The quantitative estimate of drug-likeness (QED) is 0.800. The van der Waals surface area contributed by atoms with Crippen LogP contribution >= 0.6 is 15.9 Å². The number of para-hydroxylation sites is 2. The van der Waals surface area contributed by atoms with Gasteiger partial charge in [0.25, 0.3) is 0 Å². The molecule has 0 atom stereocenters. The van der Waals surface area contributed by atoms with Crippen LogP contribution in [0.5, 0.6) is 11.5 Å². The second-order valence-corrected chi connectivity index (χ2v) is 5.26. The molecule has 20 heavy (non-hydrogen) atoms. The fraction of sp³-hybridized carbons (Fsp3) is 0.250. The minimum Gasteiger partial charge on any atom is -0.493 e. The highest BCUT2D eigenvalue weighted by molar-refractivity contribution is 9.10. The molecule has 2 aromatic rings. The topological polar surface area (TPSA) is 30.5 Å². The molecule has 1 N–H and O–H groups in total. The lowest BCUT2D eigenvalue weighted by Crippen LogP contribution is -2.12. The number of nitrogens with one attached hydrogen (secondary N) is 1. The van der Waals surface area contributed by atoms with Crippen LogP contribution in [-0.2, 0) is 0 Å². The number of benzene rings is 2. The van der Waals surface area contributed by atoms with Crippen molar-refractivity contribution in [1.82, 2.24) is 0 Å². The third-order valence-corrected chi connectivity index (χ3v) is 3.56. The third-order valence-electron chi connectivity index (χ3n) is 2.87. The number of hydrogen-bond donors (Lipinski definition) is 1. The Bertz CT molecular complexity index is 572. The minimum atomic E-state index is 0.570. The van der Waals surface area contributed by atoms with Crippen molar-refractivity contribution >= 4 is 21.6 Å². The van der Waals surface area contributed by atoms with Crippen LogP contribution < -0.4 is 14.8 Å². The number of ether oxygens (including phenoxy) is 2. The maximum Gasteiger partial charge on any atom is 0.161 e. The Hall–Kier alpha value is -1.68. The Morgan fingerprint density at radius 3 is 2.60 bits per heavy atom. The van der Waals surface area contributed by atoms with Gasteiger partial charge in [0.05, 0.1) is 7.11 Å². The van der Waals surface area contributed by atoms with Crippen LogP contribution in [-0.4, -0.2) is 20.3 Å². The number of anilines is 1. The monoisotopic (exact) mass is 335 g/mol. The molecule has 0 aliphatic carbocycles. The van der Waals surface area contributed by atoms with Gasteiger partial charge < -0.3 is 14.8 Å². The molecule has 0 spiro atoms. The molecular formula is C16H18BrNO2. The van der Waals surface area contributed by atoms with Gasteiger partial charge >= 0.3 is 0 Å². The van der Waals surface area contributed by atoms with Gasteiger partial charge in [0.2, 0.25) is 0 Å². The van der Waals surface area contributed by atoms with Crippen LogP contribution in [0.15, 0.2) is 46.9 Å². The summed E-state index contributed by atoms with van der Waals surface area (Å²) in [5.74, 6) is 1.52. The van der Waals surface area contributed by atoms with E-state index in [1.54, 1.807) is 7.11 Å². The Balaban J connectivity index is 1.86. The summed E-state index contributed by atoms with van der Waals surface area (Å²) in [5.41, 5.74) is 2.30. The highest BCUT2D eigenvalue weighted by atomic mass is 79.9. The molecule has 0 aromatic heterocycles. The first-order valence-corrected chi connectivity index (χ1v) is 7.26. The predicted octanol–water partition coefficient (Wildman–Crippen LogP) is 4.26. The van der Waals surface area contributed by atoms with Gasteiger partial charge in [0.15, 0.2) is 11.5 Å². The first-order valence-electron chi connectivity index (χ1n) is 6.46. The molecule has 0 bridgehead atoms. The molecule has 0 saturated heterocycles. The zero-order valence-corrected chi connectivity index (χ0v) is 13.2. The first kappa shape index (κ1) is 14.7. The summed E-state index contributed by atoms with van der Waals surface area (Å²) in [4.78, 5) is 0. The summed E-state index contributed by atoms with van der Waals surface area (Å²) < 4.78 is 12.0. The largest absolute Gasteiger partial charge is 0.493 e. The molecule has 0 unspecified atom stereocenters. The van der Waals surface area contributed by atoms with E-state index in [4.69, 9.17) is 9.47 Å². The zero-order valence-electron chi connectivity index (χ0n) is 11.7. The van der Waals surface area contributed by atoms with Gasteiger partial charge in [-0.3, -0.25) is 0 Å². The Labute approximate surface area is 128 Å². The Morgan fingerprint density at radius 1 is 1.10 bits per heavy atom. The molecule has 0 fully saturated rings. The first-order chi connectivity index (χ1) is 9.70. The maximum atomic E-state index is 5.72. The lowest BCUT2D eigenvalue weighted by molar-refractivity contribution is 0.306. The summed E-state index contributed by atoms with van der Waals surface area (Å²) in [6, 6.07) is 13.9. The van der Waals surface area contributed by atoms with Crippen LogP contribution in [0.1, 0.15) is 5.56 Å². The molecule has 106 valence electrons. The Kier molecular flexibility index (Phi) is 5.30. The van der Waals surface area contributed by atoms with Gasteiger partial charge in [0, 0.05) is 16.7 Å². The van der Waals surface area contributed by atoms with Gasteiger partial charge in [-0.25, -0.2) is 0 Å². The average Bonchev–Trinajstić information content (AvgIpc) is 2.47. The molecule has 2 aromatic carbocycles. The molecule has 3 nitrogen and oxygen atoms in total. The number of rotatable bonds is 6. The van der Waals surface area contributed by atoms with E-state index in [9.17, 15) is 0 Å². The van der Waals surface area contributed by atoms with Crippen molar-refractivity contribution < 1.29 is 9.47 Å². The highest BCUT2D eigenvalue weighted by Crippen LogP contribution is 2.26. The van der Waals surface area contributed by atoms with E-state index in [0.717, 1.165) is 28.2 Å².